The summed E-state index contributed by atoms with van der Waals surface area (Å²) >= 11 is 0. The fourth-order valence-electron chi connectivity index (χ4n) is 3.99. The topological polar surface area (TPSA) is 72.3 Å². The second-order valence-electron chi connectivity index (χ2n) is 8.17. The van der Waals surface area contributed by atoms with Gasteiger partial charge >= 0.3 is 0 Å². The molecular weight excluding hydrogens is 398 g/mol. The lowest BCUT2D eigenvalue weighted by atomic mass is 9.98. The first kappa shape index (κ1) is 21.5. The van der Waals surface area contributed by atoms with E-state index in [1.54, 1.807) is 18.3 Å². The van der Waals surface area contributed by atoms with Crippen molar-refractivity contribution in [2.24, 2.45) is 0 Å². The number of nitrogens with zero attached hydrogens (tertiary/aromatic N) is 4. The van der Waals surface area contributed by atoms with Gasteiger partial charge in [-0.25, -0.2) is 4.98 Å². The van der Waals surface area contributed by atoms with Gasteiger partial charge in [-0.15, -0.1) is 0 Å². The summed E-state index contributed by atoms with van der Waals surface area (Å²) in [5.74, 6) is 0.732. The van der Waals surface area contributed by atoms with Crippen LogP contribution in [0.4, 0.5) is 11.5 Å². The Bertz CT molecular complexity index is 1130. The first-order chi connectivity index (χ1) is 15.5. The number of hydrogen-bond acceptors (Lipinski definition) is 5. The summed E-state index contributed by atoms with van der Waals surface area (Å²) in [5.41, 5.74) is 4.92. The number of carbonyl (C=O) groups excluding carboxylic acids is 1. The molecule has 162 valence electrons. The molecule has 6 heteroatoms. The van der Waals surface area contributed by atoms with Gasteiger partial charge in [0.25, 0.3) is 5.91 Å². The normalized spacial score (nSPS) is 14.5. The van der Waals surface area contributed by atoms with E-state index in [1.165, 1.54) is 0 Å². The number of nitrogens with one attached hydrogen (secondary N) is 1. The van der Waals surface area contributed by atoms with Crippen LogP contribution in [0.15, 0.2) is 60.8 Å². The van der Waals surface area contributed by atoms with Gasteiger partial charge in [0, 0.05) is 31.5 Å². The monoisotopic (exact) mass is 425 g/mol. The Labute approximate surface area is 189 Å². The van der Waals surface area contributed by atoms with Gasteiger partial charge in [0.05, 0.1) is 17.2 Å². The minimum atomic E-state index is -0.181. The molecule has 0 unspecified atom stereocenters. The summed E-state index contributed by atoms with van der Waals surface area (Å²) in [5, 5.41) is 12.0. The Balaban J connectivity index is 1.48. The van der Waals surface area contributed by atoms with E-state index in [4.69, 9.17) is 5.26 Å². The molecule has 0 aliphatic carbocycles. The zero-order chi connectivity index (χ0) is 22.5. The average Bonchev–Trinajstić information content (AvgIpc) is 3.05. The molecule has 2 heterocycles. The van der Waals surface area contributed by atoms with Gasteiger partial charge in [0.2, 0.25) is 0 Å². The number of nitriles is 1. The maximum absolute atomic E-state index is 12.9. The number of likely N-dealkylation sites (N-methyl/N-ethyl adjacent to an activating group) is 1. The SMILES string of the molecule is Cc1c(NC(=O)c2ccc(N3CCCN(C)CC3)nc2)cccc1-c1ccc(C#N)cc1. The molecular formula is C26H27N5O. The van der Waals surface area contributed by atoms with E-state index in [0.717, 1.165) is 60.8 Å². The Hall–Kier alpha value is -3.69. The molecule has 1 aromatic heterocycles. The number of benzene rings is 2. The van der Waals surface area contributed by atoms with Crippen LogP contribution < -0.4 is 10.2 Å². The number of aromatic nitrogens is 1. The zero-order valence-corrected chi connectivity index (χ0v) is 18.5. The van der Waals surface area contributed by atoms with Crippen LogP contribution in [0.25, 0.3) is 11.1 Å². The van der Waals surface area contributed by atoms with Crippen molar-refractivity contribution in [3.8, 4) is 17.2 Å². The predicted molar refractivity (Wildman–Crippen MR) is 128 cm³/mol. The standard InChI is InChI=1S/C26H27N5O/c1-19-23(21-9-7-20(17-27)8-10-21)5-3-6-24(19)29-26(32)22-11-12-25(28-18-22)31-14-4-13-30(2)15-16-31/h3,5-12,18H,4,13-16H2,1-2H3,(H,29,32). The molecule has 1 saturated heterocycles. The zero-order valence-electron chi connectivity index (χ0n) is 18.5. The fourth-order valence-corrected chi connectivity index (χ4v) is 3.99. The highest BCUT2D eigenvalue weighted by Gasteiger charge is 2.15. The van der Waals surface area contributed by atoms with Gasteiger partial charge in [0.1, 0.15) is 5.82 Å². The highest BCUT2D eigenvalue weighted by Crippen LogP contribution is 2.29. The number of pyridine rings is 1. The predicted octanol–water partition coefficient (Wildman–Crippen LogP) is 4.32. The second kappa shape index (κ2) is 9.63. The molecule has 1 N–H and O–H groups in total. The van der Waals surface area contributed by atoms with Crippen LogP contribution in [-0.4, -0.2) is 49.0 Å². The van der Waals surface area contributed by atoms with Crippen LogP contribution in [-0.2, 0) is 0 Å². The molecule has 1 aliphatic rings. The van der Waals surface area contributed by atoms with Crippen molar-refractivity contribution in [3.05, 3.63) is 77.5 Å². The molecule has 0 atom stereocenters. The summed E-state index contributed by atoms with van der Waals surface area (Å²) < 4.78 is 0. The Morgan fingerprint density at radius 2 is 1.84 bits per heavy atom. The average molecular weight is 426 g/mol. The number of rotatable bonds is 4. The van der Waals surface area contributed by atoms with E-state index < -0.39 is 0 Å². The molecule has 1 fully saturated rings. The van der Waals surface area contributed by atoms with Crippen molar-refractivity contribution in [2.45, 2.75) is 13.3 Å². The lowest BCUT2D eigenvalue weighted by molar-refractivity contribution is 0.102. The summed E-state index contributed by atoms with van der Waals surface area (Å²) in [6.45, 7) is 6.01. The smallest absolute Gasteiger partial charge is 0.257 e. The Kier molecular flexibility index (Phi) is 6.48. The van der Waals surface area contributed by atoms with Crippen LogP contribution in [0.2, 0.25) is 0 Å². The molecule has 1 amide bonds. The summed E-state index contributed by atoms with van der Waals surface area (Å²) in [6.07, 6.45) is 2.76. The van der Waals surface area contributed by atoms with Crippen LogP contribution in [0.3, 0.4) is 0 Å². The maximum atomic E-state index is 12.9. The molecule has 2 aromatic carbocycles. The van der Waals surface area contributed by atoms with E-state index >= 15 is 0 Å². The van der Waals surface area contributed by atoms with E-state index in [0.29, 0.717) is 11.1 Å². The van der Waals surface area contributed by atoms with Crippen molar-refractivity contribution in [1.29, 1.82) is 5.26 Å². The summed E-state index contributed by atoms with van der Waals surface area (Å²) in [6, 6.07) is 19.2. The van der Waals surface area contributed by atoms with Crippen molar-refractivity contribution in [3.63, 3.8) is 0 Å². The molecule has 6 nitrogen and oxygen atoms in total. The van der Waals surface area contributed by atoms with Crippen LogP contribution in [0.1, 0.15) is 27.9 Å². The van der Waals surface area contributed by atoms with Crippen LogP contribution in [0.5, 0.6) is 0 Å². The molecule has 4 rings (SSSR count). The van der Waals surface area contributed by atoms with Crippen LogP contribution >= 0.6 is 0 Å². The third-order valence-corrected chi connectivity index (χ3v) is 5.96. The van der Waals surface area contributed by atoms with Gasteiger partial charge in [0.15, 0.2) is 0 Å². The molecule has 0 radical (unpaired) electrons. The molecule has 0 spiro atoms. The van der Waals surface area contributed by atoms with Crippen LogP contribution in [0, 0.1) is 18.3 Å². The molecule has 3 aromatic rings. The minimum Gasteiger partial charge on any atom is -0.355 e. The highest BCUT2D eigenvalue weighted by atomic mass is 16.1. The van der Waals surface area contributed by atoms with Crippen molar-refractivity contribution in [1.82, 2.24) is 9.88 Å². The third-order valence-electron chi connectivity index (χ3n) is 5.96. The number of carbonyl (C=O) groups is 1. The van der Waals surface area contributed by atoms with E-state index in [2.05, 4.69) is 33.2 Å². The first-order valence-electron chi connectivity index (χ1n) is 10.9. The third kappa shape index (κ3) is 4.79. The Morgan fingerprint density at radius 1 is 1.03 bits per heavy atom. The molecule has 0 bridgehead atoms. The van der Waals surface area contributed by atoms with Gasteiger partial charge in [-0.3, -0.25) is 4.79 Å². The highest BCUT2D eigenvalue weighted by molar-refractivity contribution is 6.05. The summed E-state index contributed by atoms with van der Waals surface area (Å²) in [7, 11) is 2.14. The van der Waals surface area contributed by atoms with Gasteiger partial charge < -0.3 is 15.1 Å². The van der Waals surface area contributed by atoms with E-state index in [9.17, 15) is 4.79 Å². The summed E-state index contributed by atoms with van der Waals surface area (Å²) in [4.78, 5) is 22.0. The number of amides is 1. The van der Waals surface area contributed by atoms with Gasteiger partial charge in [-0.2, -0.15) is 5.26 Å². The second-order valence-corrected chi connectivity index (χ2v) is 8.17. The Morgan fingerprint density at radius 3 is 2.56 bits per heavy atom. The van der Waals surface area contributed by atoms with Crippen molar-refractivity contribution < 1.29 is 4.79 Å². The number of anilines is 2. The number of hydrogen-bond donors (Lipinski definition) is 1. The van der Waals surface area contributed by atoms with Crippen molar-refractivity contribution >= 4 is 17.4 Å². The van der Waals surface area contributed by atoms with Gasteiger partial charge in [-0.05, 0) is 74.0 Å². The van der Waals surface area contributed by atoms with Gasteiger partial charge in [-0.1, -0.05) is 24.3 Å². The largest absolute Gasteiger partial charge is 0.355 e. The fraction of sp³-hybridized carbons (Fsp3) is 0.269. The van der Waals surface area contributed by atoms with E-state index in [-0.39, 0.29) is 5.91 Å². The lowest BCUT2D eigenvalue weighted by Crippen LogP contribution is -2.29. The molecule has 1 aliphatic heterocycles. The maximum Gasteiger partial charge on any atom is 0.257 e. The minimum absolute atomic E-state index is 0.181. The van der Waals surface area contributed by atoms with Crippen molar-refractivity contribution in [2.75, 3.05) is 43.4 Å². The first-order valence-corrected chi connectivity index (χ1v) is 10.9. The molecule has 0 saturated carbocycles. The van der Waals surface area contributed by atoms with E-state index in [1.807, 2.05) is 49.4 Å². The quantitative estimate of drug-likeness (QED) is 0.674. The molecule has 32 heavy (non-hydrogen) atoms. The lowest BCUT2D eigenvalue weighted by Gasteiger charge is -2.21.